The van der Waals surface area contributed by atoms with Crippen molar-refractivity contribution >= 4 is 0 Å². The number of methoxy groups -OCH3 is 1. The van der Waals surface area contributed by atoms with Crippen LogP contribution in [0.2, 0.25) is 0 Å². The Balaban J connectivity index is 1.52. The van der Waals surface area contributed by atoms with Crippen molar-refractivity contribution in [1.29, 1.82) is 0 Å². The molecular formula is C19H23NO. The predicted molar refractivity (Wildman–Crippen MR) is 86.7 cm³/mol. The summed E-state index contributed by atoms with van der Waals surface area (Å²) < 4.78 is 5.31. The molecule has 0 aliphatic heterocycles. The lowest BCUT2D eigenvalue weighted by Crippen LogP contribution is -2.27. The van der Waals surface area contributed by atoms with E-state index in [0.29, 0.717) is 0 Å². The molecule has 1 aliphatic carbocycles. The first kappa shape index (κ1) is 14.2. The highest BCUT2D eigenvalue weighted by Gasteiger charge is 2.18. The van der Waals surface area contributed by atoms with Gasteiger partial charge in [-0.3, -0.25) is 0 Å². The third-order valence-corrected chi connectivity index (χ3v) is 4.35. The topological polar surface area (TPSA) is 21.3 Å². The van der Waals surface area contributed by atoms with Crippen LogP contribution in [0.25, 0.3) is 0 Å². The molecule has 2 heteroatoms. The second-order valence-corrected chi connectivity index (χ2v) is 5.86. The fourth-order valence-electron chi connectivity index (χ4n) is 3.12. The monoisotopic (exact) mass is 281 g/mol. The fourth-order valence-corrected chi connectivity index (χ4v) is 3.12. The van der Waals surface area contributed by atoms with Crippen molar-refractivity contribution in [3.05, 3.63) is 65.2 Å². The molecule has 0 aromatic heterocycles. The number of rotatable bonds is 5. The molecule has 110 valence electrons. The molecule has 0 fully saturated rings. The lowest BCUT2D eigenvalue weighted by atomic mass is 9.84. The maximum atomic E-state index is 5.31. The number of hydrogen-bond acceptors (Lipinski definition) is 2. The first-order valence-electron chi connectivity index (χ1n) is 7.75. The Morgan fingerprint density at radius 2 is 1.95 bits per heavy atom. The minimum absolute atomic E-state index is 0.745. The van der Waals surface area contributed by atoms with Gasteiger partial charge in [0.25, 0.3) is 0 Å². The van der Waals surface area contributed by atoms with Gasteiger partial charge in [0.1, 0.15) is 5.75 Å². The van der Waals surface area contributed by atoms with Crippen LogP contribution in [-0.4, -0.2) is 13.7 Å². The van der Waals surface area contributed by atoms with Crippen LogP contribution in [-0.2, 0) is 19.4 Å². The van der Waals surface area contributed by atoms with Crippen LogP contribution in [0.15, 0.2) is 48.5 Å². The molecule has 2 aromatic rings. The Bertz CT molecular complexity index is 579. The first-order chi connectivity index (χ1) is 10.3. The summed E-state index contributed by atoms with van der Waals surface area (Å²) in [5.74, 6) is 1.73. The number of fused-ring (bicyclic) bond motifs is 1. The van der Waals surface area contributed by atoms with Crippen LogP contribution >= 0.6 is 0 Å². The van der Waals surface area contributed by atoms with Crippen molar-refractivity contribution < 1.29 is 4.74 Å². The van der Waals surface area contributed by atoms with Crippen molar-refractivity contribution in [2.24, 2.45) is 5.92 Å². The minimum atomic E-state index is 0.745. The third-order valence-electron chi connectivity index (χ3n) is 4.35. The van der Waals surface area contributed by atoms with E-state index < -0.39 is 0 Å². The van der Waals surface area contributed by atoms with Crippen molar-refractivity contribution in [1.82, 2.24) is 5.32 Å². The molecule has 0 radical (unpaired) electrons. The summed E-state index contributed by atoms with van der Waals surface area (Å²) in [7, 11) is 1.74. The SMILES string of the molecule is COc1ccc2c(c1)CCC(CNCc1ccccc1)C2. The molecule has 1 aliphatic rings. The summed E-state index contributed by atoms with van der Waals surface area (Å²) >= 11 is 0. The van der Waals surface area contributed by atoms with Gasteiger partial charge in [0, 0.05) is 6.54 Å². The van der Waals surface area contributed by atoms with E-state index >= 15 is 0 Å². The number of ether oxygens (including phenoxy) is 1. The molecule has 0 saturated carbocycles. The predicted octanol–water partition coefficient (Wildman–Crippen LogP) is 3.59. The quantitative estimate of drug-likeness (QED) is 0.904. The molecule has 0 heterocycles. The summed E-state index contributed by atoms with van der Waals surface area (Å²) in [6.45, 7) is 2.06. The Hall–Kier alpha value is -1.80. The van der Waals surface area contributed by atoms with Crippen LogP contribution in [0, 0.1) is 5.92 Å². The van der Waals surface area contributed by atoms with Crippen molar-refractivity contribution in [2.75, 3.05) is 13.7 Å². The molecule has 2 nitrogen and oxygen atoms in total. The van der Waals surface area contributed by atoms with E-state index in [1.165, 1.54) is 36.0 Å². The van der Waals surface area contributed by atoms with Crippen LogP contribution in [0.4, 0.5) is 0 Å². The molecule has 1 unspecified atom stereocenters. The van der Waals surface area contributed by atoms with Gasteiger partial charge in [-0.15, -0.1) is 0 Å². The Morgan fingerprint density at radius 1 is 1.10 bits per heavy atom. The summed E-state index contributed by atoms with van der Waals surface area (Å²) in [5, 5.41) is 3.60. The molecule has 1 N–H and O–H groups in total. The van der Waals surface area contributed by atoms with E-state index in [4.69, 9.17) is 4.74 Å². The molecule has 2 aromatic carbocycles. The largest absolute Gasteiger partial charge is 0.497 e. The number of nitrogens with one attached hydrogen (secondary N) is 1. The molecular weight excluding hydrogens is 258 g/mol. The fraction of sp³-hybridized carbons (Fsp3) is 0.368. The number of benzene rings is 2. The van der Waals surface area contributed by atoms with Gasteiger partial charge in [0.2, 0.25) is 0 Å². The van der Waals surface area contributed by atoms with E-state index in [1.54, 1.807) is 7.11 Å². The standard InChI is InChI=1S/C19H23NO/c1-21-19-10-9-17-11-16(7-8-18(17)12-19)14-20-13-15-5-3-2-4-6-15/h2-6,9-10,12,16,20H,7-8,11,13-14H2,1H3. The highest BCUT2D eigenvalue weighted by atomic mass is 16.5. The zero-order valence-corrected chi connectivity index (χ0v) is 12.6. The summed E-state index contributed by atoms with van der Waals surface area (Å²) in [6, 6.07) is 17.1. The molecule has 0 saturated heterocycles. The van der Waals surface area contributed by atoms with Crippen LogP contribution in [0.3, 0.4) is 0 Å². The van der Waals surface area contributed by atoms with Gasteiger partial charge < -0.3 is 10.1 Å². The smallest absolute Gasteiger partial charge is 0.119 e. The maximum Gasteiger partial charge on any atom is 0.119 e. The Kier molecular flexibility index (Phi) is 4.56. The zero-order chi connectivity index (χ0) is 14.5. The van der Waals surface area contributed by atoms with Gasteiger partial charge >= 0.3 is 0 Å². The lowest BCUT2D eigenvalue weighted by molar-refractivity contribution is 0.406. The summed E-state index contributed by atoms with van der Waals surface area (Å²) in [6.07, 6.45) is 3.62. The van der Waals surface area contributed by atoms with Gasteiger partial charge in [-0.25, -0.2) is 0 Å². The molecule has 3 rings (SSSR count). The van der Waals surface area contributed by atoms with Crippen LogP contribution in [0.5, 0.6) is 5.75 Å². The summed E-state index contributed by atoms with van der Waals surface area (Å²) in [5.41, 5.74) is 4.32. The van der Waals surface area contributed by atoms with E-state index in [2.05, 4.69) is 53.8 Å². The second kappa shape index (κ2) is 6.77. The highest BCUT2D eigenvalue weighted by Crippen LogP contribution is 2.28. The third kappa shape index (κ3) is 3.64. The minimum Gasteiger partial charge on any atom is -0.497 e. The highest BCUT2D eigenvalue weighted by molar-refractivity contribution is 5.37. The lowest BCUT2D eigenvalue weighted by Gasteiger charge is -2.25. The van der Waals surface area contributed by atoms with Crippen LogP contribution < -0.4 is 10.1 Å². The van der Waals surface area contributed by atoms with Crippen LogP contribution in [0.1, 0.15) is 23.1 Å². The van der Waals surface area contributed by atoms with Gasteiger partial charge in [0.05, 0.1) is 7.11 Å². The molecule has 21 heavy (non-hydrogen) atoms. The van der Waals surface area contributed by atoms with E-state index in [0.717, 1.165) is 24.8 Å². The van der Waals surface area contributed by atoms with Crippen molar-refractivity contribution in [2.45, 2.75) is 25.8 Å². The maximum absolute atomic E-state index is 5.31. The second-order valence-electron chi connectivity index (χ2n) is 5.86. The van der Waals surface area contributed by atoms with Gasteiger partial charge in [-0.05, 0) is 60.5 Å². The zero-order valence-electron chi connectivity index (χ0n) is 12.6. The normalized spacial score (nSPS) is 17.3. The Morgan fingerprint density at radius 3 is 2.76 bits per heavy atom. The first-order valence-corrected chi connectivity index (χ1v) is 7.75. The number of hydrogen-bond donors (Lipinski definition) is 1. The van der Waals surface area contributed by atoms with Gasteiger partial charge in [0.15, 0.2) is 0 Å². The van der Waals surface area contributed by atoms with Gasteiger partial charge in [-0.2, -0.15) is 0 Å². The van der Waals surface area contributed by atoms with E-state index in [1.807, 2.05) is 0 Å². The molecule has 0 bridgehead atoms. The average molecular weight is 281 g/mol. The molecule has 0 spiro atoms. The summed E-state index contributed by atoms with van der Waals surface area (Å²) in [4.78, 5) is 0. The average Bonchev–Trinajstić information content (AvgIpc) is 2.55. The molecule has 1 atom stereocenters. The van der Waals surface area contributed by atoms with E-state index in [9.17, 15) is 0 Å². The van der Waals surface area contributed by atoms with Crippen molar-refractivity contribution in [3.8, 4) is 5.75 Å². The molecule has 0 amide bonds. The Labute approximate surface area is 127 Å². The van der Waals surface area contributed by atoms with Crippen molar-refractivity contribution in [3.63, 3.8) is 0 Å². The van der Waals surface area contributed by atoms with E-state index in [-0.39, 0.29) is 0 Å². The number of aryl methyl sites for hydroxylation is 1. The van der Waals surface area contributed by atoms with Gasteiger partial charge in [-0.1, -0.05) is 36.4 Å².